The van der Waals surface area contributed by atoms with E-state index in [0.717, 1.165) is 25.8 Å². The van der Waals surface area contributed by atoms with E-state index in [2.05, 4.69) is 17.5 Å². The molecule has 0 spiro atoms. The van der Waals surface area contributed by atoms with Crippen LogP contribution in [-0.2, 0) is 6.54 Å². The first-order valence-electron chi connectivity index (χ1n) is 9.59. The molecule has 1 saturated carbocycles. The molecule has 2 unspecified atom stereocenters. The van der Waals surface area contributed by atoms with E-state index < -0.39 is 0 Å². The summed E-state index contributed by atoms with van der Waals surface area (Å²) in [4.78, 5) is 0. The number of nitrogens with one attached hydrogen (secondary N) is 1. The van der Waals surface area contributed by atoms with Crippen LogP contribution in [0, 0.1) is 5.92 Å². The molecule has 3 aliphatic rings. The topological polar surface area (TPSA) is 84.3 Å². The number of nitrogen functional groups attached to an aromatic ring is 2. The van der Waals surface area contributed by atoms with Crippen molar-refractivity contribution >= 4 is 11.4 Å². The minimum atomic E-state index is 0.0103. The van der Waals surface area contributed by atoms with Gasteiger partial charge in [-0.3, -0.25) is 0 Å². The van der Waals surface area contributed by atoms with Gasteiger partial charge in [-0.25, -0.2) is 0 Å². The molecular weight excluding hydrogens is 310 g/mol. The molecule has 4 heteroatoms. The lowest BCUT2D eigenvalue weighted by Crippen LogP contribution is -2.56. The second kappa shape index (κ2) is 6.41. The standard InChI is InChI=1S/C21H29N3O/c22-19-9-4-14(11-20(19)23)13-24-21-10-2-1-3-16(21)7-5-15-6-8-17(25)12-18(15)21/h4,9,11-12,16,24-25H,1-3,5-8,10,13,22-23H2. The van der Waals surface area contributed by atoms with Crippen molar-refractivity contribution in [2.24, 2.45) is 5.92 Å². The molecule has 0 aliphatic heterocycles. The zero-order chi connectivity index (χ0) is 17.4. The number of anilines is 2. The van der Waals surface area contributed by atoms with Crippen molar-refractivity contribution in [2.45, 2.75) is 63.5 Å². The Bertz CT molecular complexity index is 737. The summed E-state index contributed by atoms with van der Waals surface area (Å²) in [6.07, 6.45) is 11.4. The number of benzene rings is 1. The van der Waals surface area contributed by atoms with E-state index in [1.165, 1.54) is 43.2 Å². The maximum absolute atomic E-state index is 10.2. The summed E-state index contributed by atoms with van der Waals surface area (Å²) < 4.78 is 0. The van der Waals surface area contributed by atoms with Crippen LogP contribution in [0.4, 0.5) is 11.4 Å². The van der Waals surface area contributed by atoms with Crippen molar-refractivity contribution in [3.05, 3.63) is 46.7 Å². The van der Waals surface area contributed by atoms with Crippen molar-refractivity contribution in [1.82, 2.24) is 5.32 Å². The zero-order valence-corrected chi connectivity index (χ0v) is 14.9. The number of aliphatic hydroxyl groups excluding tert-OH is 1. The number of fused-ring (bicyclic) bond motifs is 2. The number of aliphatic hydroxyl groups is 1. The summed E-state index contributed by atoms with van der Waals surface area (Å²) >= 11 is 0. The van der Waals surface area contributed by atoms with Crippen molar-refractivity contribution in [3.8, 4) is 0 Å². The third kappa shape index (κ3) is 2.93. The fourth-order valence-corrected chi connectivity index (χ4v) is 5.12. The van der Waals surface area contributed by atoms with Crippen molar-refractivity contribution in [2.75, 3.05) is 11.5 Å². The average molecular weight is 339 g/mol. The van der Waals surface area contributed by atoms with Gasteiger partial charge in [0.1, 0.15) is 0 Å². The first-order valence-corrected chi connectivity index (χ1v) is 9.59. The van der Waals surface area contributed by atoms with Crippen molar-refractivity contribution in [3.63, 3.8) is 0 Å². The van der Waals surface area contributed by atoms with Gasteiger partial charge in [-0.1, -0.05) is 24.5 Å². The van der Waals surface area contributed by atoms with Crippen LogP contribution in [0.15, 0.2) is 41.2 Å². The molecule has 4 rings (SSSR count). The Kier molecular flexibility index (Phi) is 4.24. The molecule has 0 saturated heterocycles. The van der Waals surface area contributed by atoms with Crippen LogP contribution >= 0.6 is 0 Å². The van der Waals surface area contributed by atoms with E-state index in [9.17, 15) is 5.11 Å². The first-order chi connectivity index (χ1) is 12.1. The van der Waals surface area contributed by atoms with Gasteiger partial charge < -0.3 is 21.9 Å². The molecule has 2 atom stereocenters. The fourth-order valence-electron chi connectivity index (χ4n) is 5.12. The molecule has 0 amide bonds. The highest BCUT2D eigenvalue weighted by atomic mass is 16.3. The minimum absolute atomic E-state index is 0.0103. The SMILES string of the molecule is Nc1ccc(CNC23CCCCC2CCC2=C3C=C(O)CC2)cc1N. The molecule has 0 heterocycles. The number of allylic oxidation sites excluding steroid dienone is 2. The lowest BCUT2D eigenvalue weighted by atomic mass is 9.61. The van der Waals surface area contributed by atoms with Gasteiger partial charge in [0, 0.05) is 18.5 Å². The Balaban J connectivity index is 1.65. The summed E-state index contributed by atoms with van der Waals surface area (Å²) in [5.41, 5.74) is 17.2. The van der Waals surface area contributed by atoms with Gasteiger partial charge in [-0.15, -0.1) is 0 Å². The molecule has 3 aliphatic carbocycles. The summed E-state index contributed by atoms with van der Waals surface area (Å²) in [5.74, 6) is 1.20. The highest BCUT2D eigenvalue weighted by molar-refractivity contribution is 5.63. The largest absolute Gasteiger partial charge is 0.512 e. The zero-order valence-electron chi connectivity index (χ0n) is 14.9. The van der Waals surface area contributed by atoms with Gasteiger partial charge in [0.2, 0.25) is 0 Å². The smallest absolute Gasteiger partial charge is 0.0929 e. The molecule has 1 aromatic carbocycles. The van der Waals surface area contributed by atoms with Crippen molar-refractivity contribution < 1.29 is 5.11 Å². The van der Waals surface area contributed by atoms with Gasteiger partial charge in [0.15, 0.2) is 0 Å². The molecule has 134 valence electrons. The summed E-state index contributed by atoms with van der Waals surface area (Å²) in [6.45, 7) is 0.784. The van der Waals surface area contributed by atoms with Crippen LogP contribution < -0.4 is 16.8 Å². The summed E-state index contributed by atoms with van der Waals surface area (Å²) in [7, 11) is 0. The van der Waals surface area contributed by atoms with Gasteiger partial charge in [0.05, 0.1) is 17.1 Å². The second-order valence-corrected chi connectivity index (χ2v) is 7.92. The third-order valence-corrected chi connectivity index (χ3v) is 6.48. The molecule has 6 N–H and O–H groups in total. The monoisotopic (exact) mass is 339 g/mol. The first kappa shape index (κ1) is 16.5. The normalized spacial score (nSPS) is 29.0. The van der Waals surface area contributed by atoms with Gasteiger partial charge >= 0.3 is 0 Å². The van der Waals surface area contributed by atoms with Crippen LogP contribution in [0.5, 0.6) is 0 Å². The summed E-state index contributed by atoms with van der Waals surface area (Å²) in [6, 6.07) is 5.92. The number of hydrogen-bond acceptors (Lipinski definition) is 4. The average Bonchev–Trinajstić information content (AvgIpc) is 2.63. The quantitative estimate of drug-likeness (QED) is 0.622. The number of nitrogens with two attached hydrogens (primary N) is 2. The minimum Gasteiger partial charge on any atom is -0.512 e. The van der Waals surface area contributed by atoms with Gasteiger partial charge in [-0.2, -0.15) is 0 Å². The van der Waals surface area contributed by atoms with Crippen LogP contribution in [0.25, 0.3) is 0 Å². The highest BCUT2D eigenvalue weighted by Crippen LogP contribution is 2.50. The fraction of sp³-hybridized carbons (Fsp3) is 0.524. The van der Waals surface area contributed by atoms with E-state index in [0.29, 0.717) is 23.1 Å². The molecule has 25 heavy (non-hydrogen) atoms. The molecular formula is C21H29N3O. The second-order valence-electron chi connectivity index (χ2n) is 7.92. The highest BCUT2D eigenvalue weighted by Gasteiger charge is 2.46. The van der Waals surface area contributed by atoms with Gasteiger partial charge in [-0.05, 0) is 67.4 Å². The molecule has 1 aromatic rings. The van der Waals surface area contributed by atoms with E-state index in [-0.39, 0.29) is 5.54 Å². The number of rotatable bonds is 3. The number of hydrogen-bond donors (Lipinski definition) is 4. The lowest BCUT2D eigenvalue weighted by molar-refractivity contribution is 0.153. The maximum atomic E-state index is 10.2. The molecule has 0 aromatic heterocycles. The predicted octanol–water partition coefficient (Wildman–Crippen LogP) is 4.20. The Morgan fingerprint density at radius 2 is 1.96 bits per heavy atom. The van der Waals surface area contributed by atoms with Crippen LogP contribution in [0.1, 0.15) is 56.9 Å². The van der Waals surface area contributed by atoms with E-state index in [1.807, 2.05) is 12.1 Å². The lowest BCUT2D eigenvalue weighted by Gasteiger charge is -2.51. The molecule has 4 nitrogen and oxygen atoms in total. The summed E-state index contributed by atoms with van der Waals surface area (Å²) in [5, 5.41) is 14.1. The van der Waals surface area contributed by atoms with Gasteiger partial charge in [0.25, 0.3) is 0 Å². The van der Waals surface area contributed by atoms with Crippen LogP contribution in [0.3, 0.4) is 0 Å². The van der Waals surface area contributed by atoms with E-state index in [4.69, 9.17) is 11.5 Å². The van der Waals surface area contributed by atoms with Crippen LogP contribution in [0.2, 0.25) is 0 Å². The third-order valence-electron chi connectivity index (χ3n) is 6.48. The molecule has 0 radical (unpaired) electrons. The van der Waals surface area contributed by atoms with E-state index >= 15 is 0 Å². The van der Waals surface area contributed by atoms with Crippen molar-refractivity contribution in [1.29, 1.82) is 0 Å². The molecule has 0 bridgehead atoms. The Hall–Kier alpha value is -1.94. The molecule has 1 fully saturated rings. The van der Waals surface area contributed by atoms with E-state index in [1.54, 1.807) is 5.57 Å². The van der Waals surface area contributed by atoms with Crippen LogP contribution in [-0.4, -0.2) is 10.6 Å². The maximum Gasteiger partial charge on any atom is 0.0929 e. The Labute approximate surface area is 150 Å². The Morgan fingerprint density at radius 3 is 2.80 bits per heavy atom. The predicted molar refractivity (Wildman–Crippen MR) is 103 cm³/mol. The Morgan fingerprint density at radius 1 is 1.08 bits per heavy atom.